The number of nitrogens with zero attached hydrogens (tertiary/aromatic N) is 2. The van der Waals surface area contributed by atoms with Crippen molar-refractivity contribution in [2.75, 3.05) is 33.3 Å². The van der Waals surface area contributed by atoms with E-state index < -0.39 is 0 Å². The Morgan fingerprint density at radius 1 is 1.27 bits per heavy atom. The number of hydrogen-bond donors (Lipinski definition) is 1. The van der Waals surface area contributed by atoms with Gasteiger partial charge in [-0.15, -0.1) is 0 Å². The van der Waals surface area contributed by atoms with Crippen molar-refractivity contribution in [3.8, 4) is 0 Å². The number of aliphatic hydroxyl groups excluding tert-OH is 1. The number of likely N-dealkylation sites (N-methyl/N-ethyl adjacent to an activating group) is 1. The molecule has 1 atom stereocenters. The fourth-order valence-corrected chi connectivity index (χ4v) is 2.52. The van der Waals surface area contributed by atoms with E-state index in [1.165, 1.54) is 13.0 Å². The molecule has 0 spiro atoms. The molecule has 1 fully saturated rings. The van der Waals surface area contributed by atoms with Gasteiger partial charge in [-0.3, -0.25) is 4.90 Å². The minimum atomic E-state index is 0.213. The molecule has 0 bridgehead atoms. The van der Waals surface area contributed by atoms with Crippen molar-refractivity contribution in [1.29, 1.82) is 0 Å². The van der Waals surface area contributed by atoms with Gasteiger partial charge in [-0.1, -0.05) is 0 Å². The zero-order chi connectivity index (χ0) is 11.5. The first kappa shape index (κ1) is 12.9. The van der Waals surface area contributed by atoms with E-state index in [-0.39, 0.29) is 5.54 Å². The molecule has 1 aliphatic heterocycles. The average molecular weight is 214 g/mol. The molecule has 0 aromatic heterocycles. The van der Waals surface area contributed by atoms with E-state index in [0.717, 1.165) is 19.5 Å². The third-order valence-corrected chi connectivity index (χ3v) is 3.23. The fraction of sp³-hybridized carbons (Fsp3) is 1.00. The molecule has 3 nitrogen and oxygen atoms in total. The van der Waals surface area contributed by atoms with E-state index in [9.17, 15) is 0 Å². The summed E-state index contributed by atoms with van der Waals surface area (Å²) in [4.78, 5) is 4.93. The summed E-state index contributed by atoms with van der Waals surface area (Å²) in [6.45, 7) is 10.5. The SMILES string of the molecule is CN1CCCN(C(C)(C)C)C(CCO)C1. The average Bonchev–Trinajstić information content (AvgIpc) is 2.26. The van der Waals surface area contributed by atoms with Gasteiger partial charge in [0.15, 0.2) is 0 Å². The Hall–Kier alpha value is -0.120. The van der Waals surface area contributed by atoms with Crippen LogP contribution in [0.4, 0.5) is 0 Å². The first-order chi connectivity index (χ1) is 6.95. The van der Waals surface area contributed by atoms with Crippen LogP contribution in [0.1, 0.15) is 33.6 Å². The Balaban J connectivity index is 2.71. The molecule has 0 aromatic rings. The van der Waals surface area contributed by atoms with Gasteiger partial charge in [0.1, 0.15) is 0 Å². The van der Waals surface area contributed by atoms with Crippen LogP contribution in [0, 0.1) is 0 Å². The van der Waals surface area contributed by atoms with Crippen LogP contribution in [-0.4, -0.2) is 59.8 Å². The van der Waals surface area contributed by atoms with Crippen LogP contribution in [0.25, 0.3) is 0 Å². The summed E-state index contributed by atoms with van der Waals surface area (Å²) in [5.41, 5.74) is 0.213. The second kappa shape index (κ2) is 5.28. The molecule has 1 N–H and O–H groups in total. The van der Waals surface area contributed by atoms with Gasteiger partial charge in [-0.2, -0.15) is 0 Å². The largest absolute Gasteiger partial charge is 0.396 e. The minimum Gasteiger partial charge on any atom is -0.396 e. The first-order valence-electron chi connectivity index (χ1n) is 6.01. The molecule has 3 heteroatoms. The molecule has 15 heavy (non-hydrogen) atoms. The molecule has 0 radical (unpaired) electrons. The molecular weight excluding hydrogens is 188 g/mol. The van der Waals surface area contributed by atoms with Crippen LogP contribution in [-0.2, 0) is 0 Å². The number of rotatable bonds is 2. The van der Waals surface area contributed by atoms with Gasteiger partial charge in [0.2, 0.25) is 0 Å². The van der Waals surface area contributed by atoms with Gasteiger partial charge >= 0.3 is 0 Å². The Labute approximate surface area is 94.1 Å². The smallest absolute Gasteiger partial charge is 0.0446 e. The summed E-state index contributed by atoms with van der Waals surface area (Å²) in [6.07, 6.45) is 2.12. The predicted molar refractivity (Wildman–Crippen MR) is 64.1 cm³/mol. The maximum atomic E-state index is 9.13. The Kier molecular flexibility index (Phi) is 4.56. The zero-order valence-corrected chi connectivity index (χ0v) is 10.7. The lowest BCUT2D eigenvalue weighted by atomic mass is 10.0. The minimum absolute atomic E-state index is 0.213. The van der Waals surface area contributed by atoms with Crippen molar-refractivity contribution in [2.45, 2.75) is 45.2 Å². The summed E-state index contributed by atoms with van der Waals surface area (Å²) in [5.74, 6) is 0. The van der Waals surface area contributed by atoms with Crippen molar-refractivity contribution in [2.24, 2.45) is 0 Å². The van der Waals surface area contributed by atoms with E-state index in [1.54, 1.807) is 0 Å². The van der Waals surface area contributed by atoms with E-state index in [0.29, 0.717) is 12.6 Å². The summed E-state index contributed by atoms with van der Waals surface area (Å²) in [7, 11) is 2.18. The van der Waals surface area contributed by atoms with Crippen molar-refractivity contribution >= 4 is 0 Å². The molecule has 0 amide bonds. The molecule has 1 aliphatic rings. The standard InChI is InChI=1S/C12H26N2O/c1-12(2,3)14-8-5-7-13(4)10-11(14)6-9-15/h11,15H,5-10H2,1-4H3. The lowest BCUT2D eigenvalue weighted by Gasteiger charge is -2.41. The lowest BCUT2D eigenvalue weighted by Crippen LogP contribution is -2.50. The van der Waals surface area contributed by atoms with Crippen LogP contribution in [0.3, 0.4) is 0 Å². The van der Waals surface area contributed by atoms with Crippen LogP contribution < -0.4 is 0 Å². The van der Waals surface area contributed by atoms with Crippen molar-refractivity contribution in [1.82, 2.24) is 9.80 Å². The monoisotopic (exact) mass is 214 g/mol. The highest BCUT2D eigenvalue weighted by Gasteiger charge is 2.30. The van der Waals surface area contributed by atoms with E-state index in [2.05, 4.69) is 37.6 Å². The predicted octanol–water partition coefficient (Wildman–Crippen LogP) is 1.17. The van der Waals surface area contributed by atoms with E-state index in [1.807, 2.05) is 0 Å². The quantitative estimate of drug-likeness (QED) is 0.747. The molecule has 1 unspecified atom stereocenters. The van der Waals surface area contributed by atoms with Gasteiger partial charge in [-0.05, 0) is 47.2 Å². The van der Waals surface area contributed by atoms with Gasteiger partial charge < -0.3 is 10.0 Å². The van der Waals surface area contributed by atoms with Crippen molar-refractivity contribution in [3.05, 3.63) is 0 Å². The molecule has 1 heterocycles. The van der Waals surface area contributed by atoms with Crippen molar-refractivity contribution < 1.29 is 5.11 Å². The topological polar surface area (TPSA) is 26.7 Å². The van der Waals surface area contributed by atoms with Gasteiger partial charge in [0, 0.05) is 31.3 Å². The summed E-state index contributed by atoms with van der Waals surface area (Å²) >= 11 is 0. The third-order valence-electron chi connectivity index (χ3n) is 3.23. The first-order valence-corrected chi connectivity index (χ1v) is 6.01. The van der Waals surface area contributed by atoms with E-state index >= 15 is 0 Å². The molecule has 0 saturated carbocycles. The Morgan fingerprint density at radius 2 is 1.93 bits per heavy atom. The Bertz CT molecular complexity index is 189. The molecule has 0 aliphatic carbocycles. The highest BCUT2D eigenvalue weighted by atomic mass is 16.3. The molecule has 0 aromatic carbocycles. The Morgan fingerprint density at radius 3 is 2.47 bits per heavy atom. The summed E-state index contributed by atoms with van der Waals surface area (Å²) in [5, 5.41) is 9.13. The van der Waals surface area contributed by atoms with Gasteiger partial charge in [0.05, 0.1) is 0 Å². The van der Waals surface area contributed by atoms with Gasteiger partial charge in [-0.25, -0.2) is 0 Å². The van der Waals surface area contributed by atoms with Crippen molar-refractivity contribution in [3.63, 3.8) is 0 Å². The summed E-state index contributed by atoms with van der Waals surface area (Å²) < 4.78 is 0. The highest BCUT2D eigenvalue weighted by molar-refractivity contribution is 4.86. The lowest BCUT2D eigenvalue weighted by molar-refractivity contribution is 0.0668. The van der Waals surface area contributed by atoms with Crippen LogP contribution in [0.2, 0.25) is 0 Å². The second-order valence-corrected chi connectivity index (χ2v) is 5.65. The molecule has 1 rings (SSSR count). The van der Waals surface area contributed by atoms with Crippen LogP contribution in [0.5, 0.6) is 0 Å². The fourth-order valence-electron chi connectivity index (χ4n) is 2.52. The molecule has 90 valence electrons. The summed E-state index contributed by atoms with van der Waals surface area (Å²) in [6, 6.07) is 0.502. The van der Waals surface area contributed by atoms with Crippen LogP contribution in [0.15, 0.2) is 0 Å². The second-order valence-electron chi connectivity index (χ2n) is 5.65. The number of aliphatic hydroxyl groups is 1. The van der Waals surface area contributed by atoms with Gasteiger partial charge in [0.25, 0.3) is 0 Å². The third kappa shape index (κ3) is 3.74. The van der Waals surface area contributed by atoms with E-state index in [4.69, 9.17) is 5.11 Å². The highest BCUT2D eigenvalue weighted by Crippen LogP contribution is 2.22. The zero-order valence-electron chi connectivity index (χ0n) is 10.7. The number of hydrogen-bond acceptors (Lipinski definition) is 3. The van der Waals surface area contributed by atoms with Crippen LogP contribution >= 0.6 is 0 Å². The molecular formula is C12H26N2O. The molecule has 1 saturated heterocycles. The maximum Gasteiger partial charge on any atom is 0.0446 e. The normalized spacial score (nSPS) is 26.6. The maximum absolute atomic E-state index is 9.13.